The minimum absolute atomic E-state index is 0.922. The Morgan fingerprint density at radius 1 is 1.22 bits per heavy atom. The van der Waals surface area contributed by atoms with Crippen LogP contribution >= 0.6 is 0 Å². The highest BCUT2D eigenvalue weighted by molar-refractivity contribution is 5.94. The number of nitrogens with two attached hydrogens (primary N) is 1. The molecular formula is C16H20N2. The summed E-state index contributed by atoms with van der Waals surface area (Å²) in [6.45, 7) is 4.23. The minimum Gasteiger partial charge on any atom is -0.398 e. The summed E-state index contributed by atoms with van der Waals surface area (Å²) in [5, 5.41) is 1.14. The second kappa shape index (κ2) is 4.27. The molecule has 18 heavy (non-hydrogen) atoms. The molecule has 0 radical (unpaired) electrons. The van der Waals surface area contributed by atoms with Gasteiger partial charge in [-0.2, -0.15) is 0 Å². The number of fused-ring (bicyclic) bond motifs is 3. The van der Waals surface area contributed by atoms with Crippen LogP contribution in [0.5, 0.6) is 0 Å². The van der Waals surface area contributed by atoms with Gasteiger partial charge in [-0.1, -0.05) is 19.1 Å². The molecule has 1 heterocycles. The maximum absolute atomic E-state index is 6.29. The van der Waals surface area contributed by atoms with Crippen LogP contribution < -0.4 is 5.73 Å². The Labute approximate surface area is 108 Å². The van der Waals surface area contributed by atoms with E-state index in [1.165, 1.54) is 30.4 Å². The molecule has 1 aliphatic rings. The molecular weight excluding hydrogens is 220 g/mol. The smallest absolute Gasteiger partial charge is 0.0760 e. The van der Waals surface area contributed by atoms with Crippen LogP contribution in [0.1, 0.15) is 42.1 Å². The van der Waals surface area contributed by atoms with Crippen molar-refractivity contribution in [3.8, 4) is 0 Å². The molecule has 2 aromatic rings. The molecule has 1 aliphatic carbocycles. The van der Waals surface area contributed by atoms with Crippen LogP contribution in [0.15, 0.2) is 12.1 Å². The number of nitrogens with zero attached hydrogens (tertiary/aromatic N) is 1. The molecule has 0 spiro atoms. The largest absolute Gasteiger partial charge is 0.398 e. The fourth-order valence-electron chi connectivity index (χ4n) is 3.07. The first-order chi connectivity index (χ1) is 8.72. The van der Waals surface area contributed by atoms with Crippen molar-refractivity contribution in [1.29, 1.82) is 0 Å². The summed E-state index contributed by atoms with van der Waals surface area (Å²) in [5.74, 6) is 0. The van der Waals surface area contributed by atoms with Crippen LogP contribution in [0.2, 0.25) is 0 Å². The molecule has 2 nitrogen and oxygen atoms in total. The Morgan fingerprint density at radius 2 is 2.00 bits per heavy atom. The maximum Gasteiger partial charge on any atom is 0.0760 e. The molecule has 0 aliphatic heterocycles. The highest BCUT2D eigenvalue weighted by Crippen LogP contribution is 2.32. The Bertz CT molecular complexity index is 614. The lowest BCUT2D eigenvalue weighted by atomic mass is 9.89. The van der Waals surface area contributed by atoms with Crippen molar-refractivity contribution in [2.75, 3.05) is 5.73 Å². The second-order valence-electron chi connectivity index (χ2n) is 5.26. The number of rotatable bonds is 1. The van der Waals surface area contributed by atoms with Crippen LogP contribution in [0.25, 0.3) is 10.9 Å². The van der Waals surface area contributed by atoms with Gasteiger partial charge in [0.1, 0.15) is 0 Å². The van der Waals surface area contributed by atoms with Crippen LogP contribution in [-0.4, -0.2) is 4.98 Å². The van der Waals surface area contributed by atoms with Gasteiger partial charge in [0.2, 0.25) is 0 Å². The van der Waals surface area contributed by atoms with Crippen molar-refractivity contribution < 1.29 is 0 Å². The predicted molar refractivity (Wildman–Crippen MR) is 76.9 cm³/mol. The standard InChI is InChI=1S/C16H20N2/c1-3-14-10(2)15(17)13-9-8-11-6-4-5-7-12(11)16(13)18-14/h8-9H,3-7H2,1-2H3,(H2,17,18). The monoisotopic (exact) mass is 240 g/mol. The fourth-order valence-corrected chi connectivity index (χ4v) is 3.07. The zero-order valence-electron chi connectivity index (χ0n) is 11.2. The number of hydrogen-bond acceptors (Lipinski definition) is 2. The van der Waals surface area contributed by atoms with E-state index in [1.807, 2.05) is 0 Å². The van der Waals surface area contributed by atoms with Gasteiger partial charge in [-0.05, 0) is 55.7 Å². The van der Waals surface area contributed by atoms with Crippen molar-refractivity contribution in [3.63, 3.8) is 0 Å². The molecule has 1 aromatic heterocycles. The van der Waals surface area contributed by atoms with E-state index in [1.54, 1.807) is 0 Å². The van der Waals surface area contributed by atoms with Gasteiger partial charge in [0.05, 0.1) is 5.52 Å². The molecule has 3 rings (SSSR count). The van der Waals surface area contributed by atoms with E-state index in [0.717, 1.165) is 40.7 Å². The summed E-state index contributed by atoms with van der Waals surface area (Å²) < 4.78 is 0. The summed E-state index contributed by atoms with van der Waals surface area (Å²) in [6, 6.07) is 4.41. The topological polar surface area (TPSA) is 38.9 Å². The van der Waals surface area contributed by atoms with E-state index in [0.29, 0.717) is 0 Å². The first-order valence-electron chi connectivity index (χ1n) is 6.91. The summed E-state index contributed by atoms with van der Waals surface area (Å²) in [7, 11) is 0. The summed E-state index contributed by atoms with van der Waals surface area (Å²) in [4.78, 5) is 4.89. The molecule has 0 fully saturated rings. The van der Waals surface area contributed by atoms with Gasteiger partial charge in [-0.3, -0.25) is 4.98 Å². The third kappa shape index (κ3) is 1.59. The Balaban J connectivity index is 2.37. The van der Waals surface area contributed by atoms with Crippen molar-refractivity contribution in [1.82, 2.24) is 4.98 Å². The van der Waals surface area contributed by atoms with Crippen LogP contribution in [-0.2, 0) is 19.3 Å². The normalized spacial score (nSPS) is 14.8. The Hall–Kier alpha value is -1.57. The molecule has 0 atom stereocenters. The first-order valence-corrected chi connectivity index (χ1v) is 6.91. The van der Waals surface area contributed by atoms with E-state index in [-0.39, 0.29) is 0 Å². The molecule has 94 valence electrons. The van der Waals surface area contributed by atoms with E-state index in [4.69, 9.17) is 10.7 Å². The lowest BCUT2D eigenvalue weighted by Crippen LogP contribution is -2.07. The third-order valence-corrected chi connectivity index (χ3v) is 4.21. The number of pyridine rings is 1. The lowest BCUT2D eigenvalue weighted by molar-refractivity contribution is 0.688. The van der Waals surface area contributed by atoms with E-state index >= 15 is 0 Å². The van der Waals surface area contributed by atoms with E-state index < -0.39 is 0 Å². The Kier molecular flexibility index (Phi) is 2.73. The van der Waals surface area contributed by atoms with Gasteiger partial charge >= 0.3 is 0 Å². The highest BCUT2D eigenvalue weighted by Gasteiger charge is 2.16. The van der Waals surface area contributed by atoms with Crippen LogP contribution in [0.3, 0.4) is 0 Å². The molecule has 1 aromatic carbocycles. The van der Waals surface area contributed by atoms with Crippen molar-refractivity contribution in [2.45, 2.75) is 46.0 Å². The Morgan fingerprint density at radius 3 is 2.78 bits per heavy atom. The SMILES string of the molecule is CCc1nc2c3c(ccc2c(N)c1C)CCCC3. The maximum atomic E-state index is 6.29. The van der Waals surface area contributed by atoms with Crippen LogP contribution in [0.4, 0.5) is 5.69 Å². The molecule has 2 N–H and O–H groups in total. The van der Waals surface area contributed by atoms with Gasteiger partial charge in [-0.15, -0.1) is 0 Å². The average Bonchev–Trinajstić information content (AvgIpc) is 2.42. The van der Waals surface area contributed by atoms with Gasteiger partial charge < -0.3 is 5.73 Å². The number of aromatic nitrogens is 1. The molecule has 0 saturated heterocycles. The predicted octanol–water partition coefficient (Wildman–Crippen LogP) is 3.57. The lowest BCUT2D eigenvalue weighted by Gasteiger charge is -2.19. The summed E-state index contributed by atoms with van der Waals surface area (Å²) in [5.41, 5.74) is 13.6. The van der Waals surface area contributed by atoms with Gasteiger partial charge in [0.15, 0.2) is 0 Å². The van der Waals surface area contributed by atoms with Gasteiger partial charge in [0.25, 0.3) is 0 Å². The number of nitrogen functional groups attached to an aromatic ring is 1. The number of benzene rings is 1. The van der Waals surface area contributed by atoms with Crippen molar-refractivity contribution >= 4 is 16.6 Å². The fraction of sp³-hybridized carbons (Fsp3) is 0.438. The number of aryl methyl sites for hydroxylation is 3. The van der Waals surface area contributed by atoms with Gasteiger partial charge in [0, 0.05) is 16.8 Å². The second-order valence-corrected chi connectivity index (χ2v) is 5.26. The zero-order valence-corrected chi connectivity index (χ0v) is 11.2. The third-order valence-electron chi connectivity index (χ3n) is 4.21. The van der Waals surface area contributed by atoms with Crippen molar-refractivity contribution in [3.05, 3.63) is 34.5 Å². The van der Waals surface area contributed by atoms with Crippen LogP contribution in [0, 0.1) is 6.92 Å². The highest BCUT2D eigenvalue weighted by atomic mass is 14.7. The first kappa shape index (κ1) is 11.5. The zero-order chi connectivity index (χ0) is 12.7. The summed E-state index contributed by atoms with van der Waals surface area (Å²) in [6.07, 6.45) is 5.90. The summed E-state index contributed by atoms with van der Waals surface area (Å²) >= 11 is 0. The minimum atomic E-state index is 0.922. The molecule has 2 heteroatoms. The van der Waals surface area contributed by atoms with Crippen molar-refractivity contribution in [2.24, 2.45) is 0 Å². The van der Waals surface area contributed by atoms with Gasteiger partial charge in [-0.25, -0.2) is 0 Å². The molecule has 0 bridgehead atoms. The number of anilines is 1. The number of hydrogen-bond donors (Lipinski definition) is 1. The average molecular weight is 240 g/mol. The molecule has 0 amide bonds. The molecule has 0 saturated carbocycles. The van der Waals surface area contributed by atoms with E-state index in [2.05, 4.69) is 26.0 Å². The quantitative estimate of drug-likeness (QED) is 0.827. The molecule has 0 unspecified atom stereocenters. The van der Waals surface area contributed by atoms with E-state index in [9.17, 15) is 0 Å².